The van der Waals surface area contributed by atoms with Gasteiger partial charge in [0.15, 0.2) is 5.82 Å². The summed E-state index contributed by atoms with van der Waals surface area (Å²) < 4.78 is 28.6. The quantitative estimate of drug-likeness (QED) is 0.827. The molecule has 7 heteroatoms. The molecular weight excluding hydrogens is 240 g/mol. The van der Waals surface area contributed by atoms with Gasteiger partial charge in [0.1, 0.15) is 4.90 Å². The number of nitrogens with zero attached hydrogens (tertiary/aromatic N) is 2. The van der Waals surface area contributed by atoms with Crippen molar-refractivity contribution in [3.05, 3.63) is 5.69 Å². The summed E-state index contributed by atoms with van der Waals surface area (Å²) in [6.07, 6.45) is 3.96. The van der Waals surface area contributed by atoms with Crippen molar-refractivity contribution in [1.82, 2.24) is 14.5 Å². The second-order valence-corrected chi connectivity index (χ2v) is 6.18. The number of nitrogens with two attached hydrogens (primary N) is 1. The molecule has 0 aromatic carbocycles. The number of sulfonamides is 1. The first-order valence-electron chi connectivity index (χ1n) is 5.73. The maximum Gasteiger partial charge on any atom is 0.246 e. The third-order valence-corrected chi connectivity index (χ3v) is 4.94. The molecule has 0 aliphatic heterocycles. The van der Waals surface area contributed by atoms with E-state index >= 15 is 0 Å². The molecule has 0 unspecified atom stereocenters. The lowest BCUT2D eigenvalue weighted by atomic mass is 10.3. The molecule has 1 heterocycles. The first kappa shape index (κ1) is 12.4. The van der Waals surface area contributed by atoms with Gasteiger partial charge in [-0.3, -0.25) is 4.68 Å². The fourth-order valence-corrected chi connectivity index (χ4v) is 3.90. The first-order chi connectivity index (χ1) is 7.92. The summed E-state index contributed by atoms with van der Waals surface area (Å²) in [5.74, 6) is 0.0653. The monoisotopic (exact) mass is 258 g/mol. The number of rotatable bonds is 3. The molecule has 2 rings (SSSR count). The smallest absolute Gasteiger partial charge is 0.246 e. The molecule has 0 amide bonds. The molecule has 96 valence electrons. The van der Waals surface area contributed by atoms with Crippen LogP contribution >= 0.6 is 0 Å². The largest absolute Gasteiger partial charge is 0.381 e. The lowest BCUT2D eigenvalue weighted by molar-refractivity contribution is 0.551. The molecule has 1 aromatic heterocycles. The van der Waals surface area contributed by atoms with Gasteiger partial charge in [-0.25, -0.2) is 13.1 Å². The average Bonchev–Trinajstić information content (AvgIpc) is 2.76. The Morgan fingerprint density at radius 3 is 2.47 bits per heavy atom. The SMILES string of the molecule is Cc1c(S(=O)(=O)NC2CCCC2)c(N)nn1C. The molecule has 1 aliphatic rings. The second kappa shape index (κ2) is 4.30. The minimum absolute atomic E-state index is 0.0407. The first-order valence-corrected chi connectivity index (χ1v) is 7.21. The fourth-order valence-electron chi connectivity index (χ4n) is 2.27. The Morgan fingerprint density at radius 1 is 1.41 bits per heavy atom. The molecule has 0 spiro atoms. The van der Waals surface area contributed by atoms with Gasteiger partial charge in [-0.1, -0.05) is 12.8 Å². The van der Waals surface area contributed by atoms with E-state index in [1.807, 2.05) is 0 Å². The number of hydrogen-bond acceptors (Lipinski definition) is 4. The zero-order valence-electron chi connectivity index (χ0n) is 10.1. The Hall–Kier alpha value is -1.08. The molecule has 1 fully saturated rings. The lowest BCUT2D eigenvalue weighted by Crippen LogP contribution is -2.33. The summed E-state index contributed by atoms with van der Waals surface area (Å²) in [6.45, 7) is 1.70. The highest BCUT2D eigenvalue weighted by molar-refractivity contribution is 7.89. The maximum absolute atomic E-state index is 12.2. The molecular formula is C10H18N4O2S. The van der Waals surface area contributed by atoms with Gasteiger partial charge >= 0.3 is 0 Å². The van der Waals surface area contributed by atoms with E-state index in [1.165, 1.54) is 4.68 Å². The number of aryl methyl sites for hydroxylation is 1. The van der Waals surface area contributed by atoms with Crippen molar-refractivity contribution < 1.29 is 8.42 Å². The van der Waals surface area contributed by atoms with Crippen LogP contribution in [0, 0.1) is 6.92 Å². The summed E-state index contributed by atoms with van der Waals surface area (Å²) in [5.41, 5.74) is 6.21. The maximum atomic E-state index is 12.2. The van der Waals surface area contributed by atoms with Crippen LogP contribution in [0.1, 0.15) is 31.4 Å². The molecule has 17 heavy (non-hydrogen) atoms. The number of nitrogen functional groups attached to an aromatic ring is 1. The molecule has 0 radical (unpaired) electrons. The van der Waals surface area contributed by atoms with Crippen LogP contribution in [0.3, 0.4) is 0 Å². The molecule has 1 aromatic rings. The highest BCUT2D eigenvalue weighted by Gasteiger charge is 2.28. The van der Waals surface area contributed by atoms with E-state index in [2.05, 4.69) is 9.82 Å². The van der Waals surface area contributed by atoms with E-state index in [9.17, 15) is 8.42 Å². The topological polar surface area (TPSA) is 90.0 Å². The van der Waals surface area contributed by atoms with Gasteiger partial charge in [0.2, 0.25) is 10.0 Å². The average molecular weight is 258 g/mol. The van der Waals surface area contributed by atoms with Crippen molar-refractivity contribution in [1.29, 1.82) is 0 Å². The summed E-state index contributed by atoms with van der Waals surface area (Å²) in [5, 5.41) is 3.93. The van der Waals surface area contributed by atoms with Crippen LogP contribution in [0.15, 0.2) is 4.90 Å². The van der Waals surface area contributed by atoms with Gasteiger partial charge in [0, 0.05) is 13.1 Å². The Morgan fingerprint density at radius 2 is 2.00 bits per heavy atom. The molecule has 3 N–H and O–H groups in total. The highest BCUT2D eigenvalue weighted by atomic mass is 32.2. The summed E-state index contributed by atoms with van der Waals surface area (Å²) >= 11 is 0. The van der Waals surface area contributed by atoms with Crippen molar-refractivity contribution in [2.45, 2.75) is 43.5 Å². The molecule has 1 aliphatic carbocycles. The predicted octanol–water partition coefficient (Wildman–Crippen LogP) is 0.532. The van der Waals surface area contributed by atoms with E-state index in [1.54, 1.807) is 14.0 Å². The van der Waals surface area contributed by atoms with Gasteiger partial charge < -0.3 is 5.73 Å². The van der Waals surface area contributed by atoms with Crippen LogP contribution in [0.5, 0.6) is 0 Å². The van der Waals surface area contributed by atoms with Crippen LogP contribution in [-0.4, -0.2) is 24.2 Å². The van der Waals surface area contributed by atoms with Gasteiger partial charge in [-0.15, -0.1) is 0 Å². The van der Waals surface area contributed by atoms with E-state index in [0.29, 0.717) is 5.69 Å². The van der Waals surface area contributed by atoms with Gasteiger partial charge in [-0.2, -0.15) is 5.10 Å². The standard InChI is InChI=1S/C10H18N4O2S/c1-7-9(10(11)12-14(7)2)17(15,16)13-8-5-3-4-6-8/h8,13H,3-6H2,1-2H3,(H2,11,12). The zero-order valence-corrected chi connectivity index (χ0v) is 10.9. The van der Waals surface area contributed by atoms with Crippen LogP contribution in [0.25, 0.3) is 0 Å². The van der Waals surface area contributed by atoms with E-state index in [-0.39, 0.29) is 16.8 Å². The summed E-state index contributed by atoms with van der Waals surface area (Å²) in [7, 11) is -1.86. The molecule has 0 atom stereocenters. The molecule has 0 saturated heterocycles. The van der Waals surface area contributed by atoms with E-state index in [0.717, 1.165) is 25.7 Å². The third-order valence-electron chi connectivity index (χ3n) is 3.25. The number of anilines is 1. The van der Waals surface area contributed by atoms with Crippen molar-refractivity contribution in [3.8, 4) is 0 Å². The Kier molecular flexibility index (Phi) is 3.13. The van der Waals surface area contributed by atoms with Crippen molar-refractivity contribution in [3.63, 3.8) is 0 Å². The van der Waals surface area contributed by atoms with Crippen LogP contribution in [0.2, 0.25) is 0 Å². The Labute approximate surface area is 101 Å². The van der Waals surface area contributed by atoms with Crippen molar-refractivity contribution in [2.24, 2.45) is 7.05 Å². The van der Waals surface area contributed by atoms with Gasteiger partial charge in [0.05, 0.1) is 5.69 Å². The predicted molar refractivity (Wildman–Crippen MR) is 64.9 cm³/mol. The normalized spacial score (nSPS) is 17.8. The van der Waals surface area contributed by atoms with Crippen LogP contribution < -0.4 is 10.5 Å². The van der Waals surface area contributed by atoms with E-state index in [4.69, 9.17) is 5.73 Å². The van der Waals surface area contributed by atoms with Crippen molar-refractivity contribution >= 4 is 15.8 Å². The number of nitrogens with one attached hydrogen (secondary N) is 1. The zero-order chi connectivity index (χ0) is 12.6. The molecule has 1 saturated carbocycles. The highest BCUT2D eigenvalue weighted by Crippen LogP contribution is 2.24. The lowest BCUT2D eigenvalue weighted by Gasteiger charge is -2.12. The Bertz CT molecular complexity index is 515. The van der Waals surface area contributed by atoms with Crippen molar-refractivity contribution in [2.75, 3.05) is 5.73 Å². The molecule has 6 nitrogen and oxygen atoms in total. The van der Waals surface area contributed by atoms with E-state index < -0.39 is 10.0 Å². The van der Waals surface area contributed by atoms with Gasteiger partial charge in [0.25, 0.3) is 0 Å². The second-order valence-electron chi connectivity index (χ2n) is 4.53. The Balaban J connectivity index is 2.30. The minimum Gasteiger partial charge on any atom is -0.381 e. The molecule has 0 bridgehead atoms. The summed E-state index contributed by atoms with van der Waals surface area (Å²) in [4.78, 5) is 0.117. The van der Waals surface area contributed by atoms with Crippen LogP contribution in [0.4, 0.5) is 5.82 Å². The third kappa shape index (κ3) is 2.30. The number of aromatic nitrogens is 2. The minimum atomic E-state index is -3.54. The number of hydrogen-bond donors (Lipinski definition) is 2. The van der Waals surface area contributed by atoms with Gasteiger partial charge in [-0.05, 0) is 19.8 Å². The summed E-state index contributed by atoms with van der Waals surface area (Å²) in [6, 6.07) is 0.0407. The fraction of sp³-hybridized carbons (Fsp3) is 0.700. The van der Waals surface area contributed by atoms with Crippen LogP contribution in [-0.2, 0) is 17.1 Å².